The van der Waals surface area contributed by atoms with Gasteiger partial charge in [-0.1, -0.05) is 23.5 Å². The molecule has 1 aromatic heterocycles. The molecule has 0 saturated heterocycles. The maximum atomic E-state index is 14.0. The monoisotopic (exact) mass is 385 g/mol. The van der Waals surface area contributed by atoms with E-state index >= 15 is 0 Å². The number of rotatable bonds is 4. The molecule has 26 heavy (non-hydrogen) atoms. The summed E-state index contributed by atoms with van der Waals surface area (Å²) in [4.78, 5) is 28.6. The number of allylic oxidation sites excluding steroid dienone is 1. The molecular weight excluding hydrogens is 371 g/mol. The highest BCUT2D eigenvalue weighted by atomic mass is 32.1. The fourth-order valence-corrected chi connectivity index (χ4v) is 3.70. The van der Waals surface area contributed by atoms with Gasteiger partial charge in [0.2, 0.25) is 5.54 Å². The van der Waals surface area contributed by atoms with E-state index in [1.165, 1.54) is 13.8 Å². The first kappa shape index (κ1) is 18.2. The van der Waals surface area contributed by atoms with Gasteiger partial charge in [-0.25, -0.2) is 9.78 Å². The number of carbonyl (C=O) groups excluding carboxylic acids is 2. The van der Waals surface area contributed by atoms with Crippen LogP contribution in [0.3, 0.4) is 0 Å². The van der Waals surface area contributed by atoms with Crippen molar-refractivity contribution in [1.82, 2.24) is 10.3 Å². The highest BCUT2D eigenvalue weighted by Crippen LogP contribution is 2.44. The zero-order valence-corrected chi connectivity index (χ0v) is 14.5. The Balaban J connectivity index is 2.14. The largest absolute Gasteiger partial charge is 0.462 e. The Morgan fingerprint density at radius 2 is 2.08 bits per heavy atom. The molecule has 1 aliphatic heterocycles. The molecule has 6 nitrogen and oxygen atoms in total. The number of amides is 1. The highest BCUT2D eigenvalue weighted by molar-refractivity contribution is 7.22. The molecule has 2 aromatic rings. The molecule has 1 atom stereocenters. The summed E-state index contributed by atoms with van der Waals surface area (Å²) in [5, 5.41) is 4.13. The van der Waals surface area contributed by atoms with Crippen molar-refractivity contribution in [2.75, 3.05) is 11.9 Å². The summed E-state index contributed by atoms with van der Waals surface area (Å²) in [5.41, 5.74) is -3.80. The SMILES string of the molecule is CCOC(=O)C1=C(C)NC(=O)C1(Nc1nc2ccccc2s1)C(F)(F)F. The molecule has 0 aliphatic carbocycles. The number of nitrogens with zero attached hydrogens (tertiary/aromatic N) is 1. The molecule has 0 spiro atoms. The lowest BCUT2D eigenvalue weighted by Gasteiger charge is -2.31. The van der Waals surface area contributed by atoms with E-state index in [0.717, 1.165) is 11.3 Å². The molecule has 0 fully saturated rings. The third-order valence-corrected chi connectivity index (χ3v) is 4.84. The minimum Gasteiger partial charge on any atom is -0.462 e. The number of alkyl halides is 3. The fraction of sp³-hybridized carbons (Fsp3) is 0.312. The minimum atomic E-state index is -5.10. The van der Waals surface area contributed by atoms with Crippen molar-refractivity contribution in [3.05, 3.63) is 35.5 Å². The minimum absolute atomic E-state index is 0.126. The summed E-state index contributed by atoms with van der Waals surface area (Å²) in [6, 6.07) is 6.75. The van der Waals surface area contributed by atoms with Gasteiger partial charge in [-0.15, -0.1) is 0 Å². The van der Waals surface area contributed by atoms with Crippen LogP contribution in [-0.2, 0) is 14.3 Å². The number of hydrogen-bond donors (Lipinski definition) is 2. The van der Waals surface area contributed by atoms with E-state index in [1.807, 2.05) is 0 Å². The maximum absolute atomic E-state index is 14.0. The van der Waals surface area contributed by atoms with Crippen LogP contribution in [-0.4, -0.2) is 35.2 Å². The molecule has 2 N–H and O–H groups in total. The van der Waals surface area contributed by atoms with Crippen molar-refractivity contribution in [2.45, 2.75) is 25.6 Å². The molecule has 10 heteroatoms. The van der Waals surface area contributed by atoms with Crippen molar-refractivity contribution in [3.8, 4) is 0 Å². The Morgan fingerprint density at radius 1 is 1.38 bits per heavy atom. The fourth-order valence-electron chi connectivity index (χ4n) is 2.78. The van der Waals surface area contributed by atoms with E-state index in [0.29, 0.717) is 10.2 Å². The summed E-state index contributed by atoms with van der Waals surface area (Å²) in [6.45, 7) is 2.56. The molecule has 138 valence electrons. The summed E-state index contributed by atoms with van der Waals surface area (Å²) >= 11 is 0.952. The first-order valence-electron chi connectivity index (χ1n) is 7.61. The Bertz CT molecular complexity index is 889. The van der Waals surface area contributed by atoms with E-state index in [9.17, 15) is 22.8 Å². The zero-order valence-electron chi connectivity index (χ0n) is 13.7. The summed E-state index contributed by atoms with van der Waals surface area (Å²) in [6.07, 6.45) is -5.10. The highest BCUT2D eigenvalue weighted by Gasteiger charge is 2.68. The topological polar surface area (TPSA) is 80.3 Å². The lowest BCUT2D eigenvalue weighted by atomic mass is 9.89. The maximum Gasteiger partial charge on any atom is 0.425 e. The number of aromatic nitrogens is 1. The number of anilines is 1. The van der Waals surface area contributed by atoms with Gasteiger partial charge in [-0.3, -0.25) is 4.79 Å². The van der Waals surface area contributed by atoms with Gasteiger partial charge in [0.1, 0.15) is 5.57 Å². The Morgan fingerprint density at radius 3 is 2.69 bits per heavy atom. The van der Waals surface area contributed by atoms with Crippen molar-refractivity contribution < 1.29 is 27.5 Å². The third-order valence-electron chi connectivity index (χ3n) is 3.88. The number of ether oxygens (including phenoxy) is 1. The number of hydrogen-bond acceptors (Lipinski definition) is 6. The van der Waals surface area contributed by atoms with Crippen LogP contribution in [0.25, 0.3) is 10.2 Å². The molecule has 2 heterocycles. The van der Waals surface area contributed by atoms with Crippen LogP contribution < -0.4 is 10.6 Å². The number of para-hydroxylation sites is 1. The third kappa shape index (κ3) is 2.70. The molecule has 0 saturated carbocycles. The van der Waals surface area contributed by atoms with Gasteiger partial charge in [0.15, 0.2) is 5.13 Å². The summed E-state index contributed by atoms with van der Waals surface area (Å²) in [7, 11) is 0. The number of nitrogens with one attached hydrogen (secondary N) is 2. The molecule has 1 unspecified atom stereocenters. The van der Waals surface area contributed by atoms with Crippen LogP contribution in [0.15, 0.2) is 35.5 Å². The number of fused-ring (bicyclic) bond motifs is 1. The summed E-state index contributed by atoms with van der Waals surface area (Å²) < 4.78 is 47.5. The van der Waals surface area contributed by atoms with Crippen LogP contribution in [0, 0.1) is 0 Å². The van der Waals surface area contributed by atoms with Crippen LogP contribution in [0.5, 0.6) is 0 Å². The van der Waals surface area contributed by atoms with Gasteiger partial charge in [0, 0.05) is 5.70 Å². The van der Waals surface area contributed by atoms with Gasteiger partial charge in [-0.05, 0) is 26.0 Å². The number of halogens is 3. The lowest BCUT2D eigenvalue weighted by Crippen LogP contribution is -2.60. The summed E-state index contributed by atoms with van der Waals surface area (Å²) in [5.74, 6) is -2.61. The second kappa shape index (κ2) is 6.27. The number of thiazole rings is 1. The van der Waals surface area contributed by atoms with Gasteiger partial charge in [0.25, 0.3) is 5.91 Å². The number of carbonyl (C=O) groups is 2. The zero-order chi connectivity index (χ0) is 19.1. The van der Waals surface area contributed by atoms with E-state index < -0.39 is 29.2 Å². The van der Waals surface area contributed by atoms with E-state index in [1.54, 1.807) is 24.3 Å². The number of esters is 1. The van der Waals surface area contributed by atoms with E-state index in [2.05, 4.69) is 15.6 Å². The molecule has 3 rings (SSSR count). The van der Waals surface area contributed by atoms with Crippen LogP contribution in [0.1, 0.15) is 13.8 Å². The molecular formula is C16H14F3N3O3S. The van der Waals surface area contributed by atoms with Crippen LogP contribution in [0.2, 0.25) is 0 Å². The van der Waals surface area contributed by atoms with Crippen molar-refractivity contribution in [2.24, 2.45) is 0 Å². The second-order valence-electron chi connectivity index (χ2n) is 5.53. The van der Waals surface area contributed by atoms with Gasteiger partial charge < -0.3 is 15.4 Å². The lowest BCUT2D eigenvalue weighted by molar-refractivity contribution is -0.179. The van der Waals surface area contributed by atoms with Gasteiger partial charge >= 0.3 is 12.1 Å². The number of benzene rings is 1. The molecule has 1 aromatic carbocycles. The van der Waals surface area contributed by atoms with Crippen LogP contribution in [0.4, 0.5) is 18.3 Å². The Labute approximate surface area is 150 Å². The van der Waals surface area contributed by atoms with Crippen molar-refractivity contribution in [1.29, 1.82) is 0 Å². The molecule has 0 bridgehead atoms. The second-order valence-corrected chi connectivity index (χ2v) is 6.56. The quantitative estimate of drug-likeness (QED) is 0.791. The van der Waals surface area contributed by atoms with E-state index in [-0.39, 0.29) is 17.4 Å². The smallest absolute Gasteiger partial charge is 0.425 e. The standard InChI is InChI=1S/C16H14F3N3O3S/c1-3-25-12(23)11-8(2)20-13(24)15(11,16(17,18)19)22-14-21-9-6-4-5-7-10(9)26-14/h4-7H,3H2,1-2H3,(H,20,24)(H,21,22). The van der Waals surface area contributed by atoms with E-state index in [4.69, 9.17) is 4.74 Å². The predicted octanol–water partition coefficient (Wildman–Crippen LogP) is 2.98. The Hall–Kier alpha value is -2.62. The first-order chi connectivity index (χ1) is 12.2. The molecule has 0 radical (unpaired) electrons. The van der Waals surface area contributed by atoms with Crippen molar-refractivity contribution in [3.63, 3.8) is 0 Å². The average Bonchev–Trinajstić information content (AvgIpc) is 3.05. The normalized spacial score (nSPS) is 20.4. The first-order valence-corrected chi connectivity index (χ1v) is 8.42. The van der Waals surface area contributed by atoms with Crippen molar-refractivity contribution >= 4 is 38.6 Å². The van der Waals surface area contributed by atoms with Gasteiger partial charge in [0.05, 0.1) is 16.8 Å². The average molecular weight is 385 g/mol. The van der Waals surface area contributed by atoms with Crippen LogP contribution >= 0.6 is 11.3 Å². The Kier molecular flexibility index (Phi) is 4.39. The molecule has 1 aliphatic rings. The predicted molar refractivity (Wildman–Crippen MR) is 89.5 cm³/mol. The molecule has 1 amide bonds. The van der Waals surface area contributed by atoms with Gasteiger partial charge in [-0.2, -0.15) is 13.2 Å².